The lowest BCUT2D eigenvalue weighted by molar-refractivity contribution is -0.139. The highest BCUT2D eigenvalue weighted by Gasteiger charge is 2.23. The van der Waals surface area contributed by atoms with Gasteiger partial charge >= 0.3 is 12.0 Å². The molecule has 116 valence electrons. The van der Waals surface area contributed by atoms with Crippen LogP contribution in [0.3, 0.4) is 0 Å². The van der Waals surface area contributed by atoms with E-state index in [0.29, 0.717) is 0 Å². The third-order valence-electron chi connectivity index (χ3n) is 3.00. The van der Waals surface area contributed by atoms with Crippen molar-refractivity contribution in [2.45, 2.75) is 38.3 Å². The van der Waals surface area contributed by atoms with Crippen LogP contribution in [0.15, 0.2) is 0 Å². The van der Waals surface area contributed by atoms with Crippen molar-refractivity contribution < 1.29 is 19.5 Å². The maximum atomic E-state index is 11.9. The lowest BCUT2D eigenvalue weighted by Crippen LogP contribution is -2.49. The molecule has 0 fully saturated rings. The Kier molecular flexibility index (Phi) is 8.78. The topological polar surface area (TPSA) is 113 Å². The molecule has 0 saturated heterocycles. The van der Waals surface area contributed by atoms with Crippen molar-refractivity contribution in [2.24, 2.45) is 5.73 Å². The fourth-order valence-electron chi connectivity index (χ4n) is 1.48. The molecule has 0 spiro atoms. The lowest BCUT2D eigenvalue weighted by atomic mass is 10.1. The molecule has 8 heteroatoms. The molecule has 4 N–H and O–H groups in total. The second-order valence-corrected chi connectivity index (χ2v) is 5.57. The number of carboxylic acid groups (broad SMARTS) is 1. The van der Waals surface area contributed by atoms with Crippen molar-refractivity contribution in [1.29, 1.82) is 0 Å². The van der Waals surface area contributed by atoms with Crippen LogP contribution in [-0.4, -0.2) is 59.1 Å². The van der Waals surface area contributed by atoms with Crippen LogP contribution in [0.2, 0.25) is 0 Å². The number of rotatable bonds is 9. The van der Waals surface area contributed by atoms with Gasteiger partial charge in [-0.15, -0.1) is 0 Å². The molecule has 0 radical (unpaired) electrons. The summed E-state index contributed by atoms with van der Waals surface area (Å²) in [6.45, 7) is 1.90. The third kappa shape index (κ3) is 7.22. The predicted molar refractivity (Wildman–Crippen MR) is 78.6 cm³/mol. The Morgan fingerprint density at radius 3 is 2.40 bits per heavy atom. The van der Waals surface area contributed by atoms with E-state index in [1.165, 1.54) is 4.90 Å². The van der Waals surface area contributed by atoms with Crippen LogP contribution in [0, 0.1) is 0 Å². The Morgan fingerprint density at radius 2 is 1.95 bits per heavy atom. The molecular formula is C12H23N3O4S. The average molecular weight is 305 g/mol. The van der Waals surface area contributed by atoms with Gasteiger partial charge in [-0.1, -0.05) is 0 Å². The number of aliphatic carboxylic acids is 1. The Bertz CT molecular complexity index is 352. The van der Waals surface area contributed by atoms with Crippen molar-refractivity contribution in [3.63, 3.8) is 0 Å². The molecule has 0 bridgehead atoms. The molecule has 0 aromatic heterocycles. The molecule has 3 amide bonds. The van der Waals surface area contributed by atoms with Gasteiger partial charge in [0.25, 0.3) is 0 Å². The van der Waals surface area contributed by atoms with Gasteiger partial charge in [-0.3, -0.25) is 4.79 Å². The Balaban J connectivity index is 4.43. The number of hydrogen-bond acceptors (Lipinski definition) is 4. The number of amides is 3. The number of nitrogens with two attached hydrogens (primary N) is 1. The molecule has 2 unspecified atom stereocenters. The summed E-state index contributed by atoms with van der Waals surface area (Å²) < 4.78 is 0. The largest absolute Gasteiger partial charge is 0.480 e. The molecule has 0 aromatic carbocycles. The van der Waals surface area contributed by atoms with E-state index in [-0.39, 0.29) is 18.9 Å². The van der Waals surface area contributed by atoms with Crippen molar-refractivity contribution in [2.75, 3.05) is 19.1 Å². The van der Waals surface area contributed by atoms with E-state index in [1.807, 2.05) is 13.2 Å². The first-order chi connectivity index (χ1) is 9.29. The van der Waals surface area contributed by atoms with Gasteiger partial charge in [0, 0.05) is 19.5 Å². The second-order valence-electron chi connectivity index (χ2n) is 4.59. The number of carbonyl (C=O) groups excluding carboxylic acids is 2. The maximum Gasteiger partial charge on any atom is 0.326 e. The summed E-state index contributed by atoms with van der Waals surface area (Å²) in [4.78, 5) is 35.1. The number of nitrogens with one attached hydrogen (secondary N) is 1. The van der Waals surface area contributed by atoms with E-state index in [0.717, 1.165) is 12.2 Å². The van der Waals surface area contributed by atoms with Crippen molar-refractivity contribution in [3.05, 3.63) is 0 Å². The van der Waals surface area contributed by atoms with Gasteiger partial charge in [-0.05, 0) is 31.8 Å². The zero-order valence-electron chi connectivity index (χ0n) is 12.1. The van der Waals surface area contributed by atoms with Gasteiger partial charge in [0.15, 0.2) is 0 Å². The fraction of sp³-hybridized carbons (Fsp3) is 0.750. The summed E-state index contributed by atoms with van der Waals surface area (Å²) >= 11 is 1.69. The highest BCUT2D eigenvalue weighted by atomic mass is 32.2. The minimum atomic E-state index is -1.18. The lowest BCUT2D eigenvalue weighted by Gasteiger charge is -2.26. The monoisotopic (exact) mass is 305 g/mol. The number of urea groups is 1. The van der Waals surface area contributed by atoms with Crippen molar-refractivity contribution in [1.82, 2.24) is 10.2 Å². The van der Waals surface area contributed by atoms with Gasteiger partial charge < -0.3 is 21.1 Å². The van der Waals surface area contributed by atoms with Crippen molar-refractivity contribution in [3.8, 4) is 0 Å². The zero-order chi connectivity index (χ0) is 15.7. The third-order valence-corrected chi connectivity index (χ3v) is 3.64. The zero-order valence-corrected chi connectivity index (χ0v) is 12.9. The number of nitrogens with zero attached hydrogens (tertiary/aromatic N) is 1. The van der Waals surface area contributed by atoms with Gasteiger partial charge in [0.2, 0.25) is 5.91 Å². The summed E-state index contributed by atoms with van der Waals surface area (Å²) in [7, 11) is 1.62. The average Bonchev–Trinajstić information content (AvgIpc) is 2.38. The quantitative estimate of drug-likeness (QED) is 0.574. The van der Waals surface area contributed by atoms with Crippen LogP contribution < -0.4 is 11.1 Å². The number of thioether (sulfide) groups is 1. The van der Waals surface area contributed by atoms with E-state index >= 15 is 0 Å². The van der Waals surface area contributed by atoms with Crippen LogP contribution in [0.25, 0.3) is 0 Å². The fourth-order valence-corrected chi connectivity index (χ4v) is 2.05. The van der Waals surface area contributed by atoms with Crippen LogP contribution in [-0.2, 0) is 9.59 Å². The van der Waals surface area contributed by atoms with Crippen LogP contribution in [0.4, 0.5) is 4.79 Å². The molecule has 0 heterocycles. The standard InChI is InChI=1S/C12H23N3O4S/c1-8(6-7-20-3)15(2)12(19)14-9(11(17)18)4-5-10(13)16/h8-9H,4-7H2,1-3H3,(H2,13,16)(H,14,19)(H,17,18). The van der Waals surface area contributed by atoms with Gasteiger partial charge in [-0.2, -0.15) is 11.8 Å². The number of primary amides is 1. The summed E-state index contributed by atoms with van der Waals surface area (Å²) in [5.41, 5.74) is 4.98. The van der Waals surface area contributed by atoms with Crippen molar-refractivity contribution >= 4 is 29.7 Å². The molecule has 0 aliphatic rings. The summed E-state index contributed by atoms with van der Waals surface area (Å²) in [5.74, 6) is -0.847. The first-order valence-corrected chi connectivity index (χ1v) is 7.72. The SMILES string of the molecule is CSCCC(C)N(C)C(=O)NC(CCC(N)=O)C(=O)O. The number of carbonyl (C=O) groups is 3. The van der Waals surface area contributed by atoms with E-state index < -0.39 is 23.9 Å². The van der Waals surface area contributed by atoms with E-state index in [1.54, 1.807) is 18.8 Å². The van der Waals surface area contributed by atoms with E-state index in [4.69, 9.17) is 10.8 Å². The highest BCUT2D eigenvalue weighted by Crippen LogP contribution is 2.07. The van der Waals surface area contributed by atoms with Crippen LogP contribution >= 0.6 is 11.8 Å². The normalized spacial score (nSPS) is 13.3. The minimum Gasteiger partial charge on any atom is -0.480 e. The Hall–Kier alpha value is -1.44. The Labute approximate surface area is 123 Å². The maximum absolute atomic E-state index is 11.9. The van der Waals surface area contributed by atoms with Crippen LogP contribution in [0.1, 0.15) is 26.2 Å². The number of hydrogen-bond donors (Lipinski definition) is 3. The van der Waals surface area contributed by atoms with E-state index in [2.05, 4.69) is 5.32 Å². The summed E-state index contributed by atoms with van der Waals surface area (Å²) in [6.07, 6.45) is 2.72. The molecule has 2 atom stereocenters. The summed E-state index contributed by atoms with van der Waals surface area (Å²) in [5, 5.41) is 11.4. The smallest absolute Gasteiger partial charge is 0.326 e. The van der Waals surface area contributed by atoms with Crippen LogP contribution in [0.5, 0.6) is 0 Å². The molecule has 7 nitrogen and oxygen atoms in total. The van der Waals surface area contributed by atoms with Gasteiger partial charge in [0.05, 0.1) is 0 Å². The second kappa shape index (κ2) is 9.46. The number of carboxylic acids is 1. The molecule has 0 aromatic rings. The van der Waals surface area contributed by atoms with Gasteiger partial charge in [-0.25, -0.2) is 9.59 Å². The summed E-state index contributed by atoms with van der Waals surface area (Å²) in [6, 6.07) is -1.56. The molecule has 0 rings (SSSR count). The predicted octanol–water partition coefficient (Wildman–Crippen LogP) is 0.488. The highest BCUT2D eigenvalue weighted by molar-refractivity contribution is 7.98. The van der Waals surface area contributed by atoms with Gasteiger partial charge in [0.1, 0.15) is 6.04 Å². The first-order valence-electron chi connectivity index (χ1n) is 6.33. The molecular weight excluding hydrogens is 282 g/mol. The molecule has 0 aliphatic heterocycles. The minimum absolute atomic E-state index is 0.00744. The molecule has 0 aliphatic carbocycles. The Morgan fingerprint density at radius 1 is 1.35 bits per heavy atom. The van der Waals surface area contributed by atoms with E-state index in [9.17, 15) is 14.4 Å². The molecule has 0 saturated carbocycles. The molecule has 20 heavy (non-hydrogen) atoms. The first kappa shape index (κ1) is 18.6.